The third kappa shape index (κ3) is 2.47. The molecule has 0 spiro atoms. The van der Waals surface area contributed by atoms with Crippen molar-refractivity contribution >= 4 is 16.6 Å². The molecule has 21 heavy (non-hydrogen) atoms. The molecule has 5 heteroatoms. The molecule has 1 aromatic heterocycles. The highest BCUT2D eigenvalue weighted by Gasteiger charge is 2.31. The zero-order valence-electron chi connectivity index (χ0n) is 11.9. The van der Waals surface area contributed by atoms with E-state index in [1.54, 1.807) is 12.3 Å². The average molecular weight is 286 g/mol. The van der Waals surface area contributed by atoms with E-state index in [4.69, 9.17) is 0 Å². The molecule has 5 rings (SSSR count). The first kappa shape index (κ1) is 13.0. The summed E-state index contributed by atoms with van der Waals surface area (Å²) in [5, 5.41) is 4.51. The summed E-state index contributed by atoms with van der Waals surface area (Å²) in [5.74, 6) is -0.240. The Kier molecular flexibility index (Phi) is 3.24. The lowest BCUT2D eigenvalue weighted by Gasteiger charge is -2.47. The van der Waals surface area contributed by atoms with Crippen molar-refractivity contribution in [3.8, 4) is 0 Å². The van der Waals surface area contributed by atoms with Gasteiger partial charge >= 0.3 is 0 Å². The Hall–Kier alpha value is -1.72. The van der Waals surface area contributed by atoms with Crippen molar-refractivity contribution in [2.45, 2.75) is 6.04 Å². The predicted molar refractivity (Wildman–Crippen MR) is 82.0 cm³/mol. The first-order chi connectivity index (χ1) is 10.3. The number of nitrogens with one attached hydrogen (secondary N) is 1. The van der Waals surface area contributed by atoms with Gasteiger partial charge in [0.2, 0.25) is 0 Å². The standard InChI is InChI=1S/C16H19FN4/c17-12-1-2-14-15(3-4-18-16(14)9-12)19-10-13-11-20-5-7-21(13)8-6-20/h1-4,9,13H,5-8,10-11H2,(H,18,19). The van der Waals surface area contributed by atoms with Gasteiger partial charge in [0.15, 0.2) is 0 Å². The molecule has 1 atom stereocenters. The number of aromatic nitrogens is 1. The summed E-state index contributed by atoms with van der Waals surface area (Å²) in [6, 6.07) is 7.31. The first-order valence-corrected chi connectivity index (χ1v) is 7.54. The van der Waals surface area contributed by atoms with Gasteiger partial charge in [-0.3, -0.25) is 14.8 Å². The van der Waals surface area contributed by atoms with Crippen LogP contribution in [0.1, 0.15) is 0 Å². The lowest BCUT2D eigenvalue weighted by Crippen LogP contribution is -2.62. The van der Waals surface area contributed by atoms with E-state index in [2.05, 4.69) is 20.1 Å². The molecule has 3 aliphatic rings. The summed E-state index contributed by atoms with van der Waals surface area (Å²) >= 11 is 0. The second kappa shape index (κ2) is 5.24. The van der Waals surface area contributed by atoms with Crippen molar-refractivity contribution in [1.29, 1.82) is 0 Å². The summed E-state index contributed by atoms with van der Waals surface area (Å²) in [5.41, 5.74) is 1.74. The van der Waals surface area contributed by atoms with Gasteiger partial charge in [0.1, 0.15) is 5.82 Å². The van der Waals surface area contributed by atoms with Crippen molar-refractivity contribution < 1.29 is 4.39 Å². The van der Waals surface area contributed by atoms with Crippen LogP contribution in [0.2, 0.25) is 0 Å². The van der Waals surface area contributed by atoms with Crippen molar-refractivity contribution in [2.75, 3.05) is 44.6 Å². The fraction of sp³-hybridized carbons (Fsp3) is 0.438. The van der Waals surface area contributed by atoms with Gasteiger partial charge in [-0.1, -0.05) is 0 Å². The van der Waals surface area contributed by atoms with Crippen molar-refractivity contribution in [3.05, 3.63) is 36.3 Å². The maximum Gasteiger partial charge on any atom is 0.125 e. The molecule has 1 unspecified atom stereocenters. The molecular weight excluding hydrogens is 267 g/mol. The first-order valence-electron chi connectivity index (χ1n) is 7.54. The monoisotopic (exact) mass is 286 g/mol. The molecular formula is C16H19FN4. The number of halogens is 1. The number of hydrogen-bond acceptors (Lipinski definition) is 4. The quantitative estimate of drug-likeness (QED) is 0.932. The number of piperazine rings is 3. The van der Waals surface area contributed by atoms with Gasteiger partial charge in [-0.05, 0) is 18.2 Å². The third-order valence-corrected chi connectivity index (χ3v) is 4.63. The molecule has 3 saturated heterocycles. The molecule has 2 aromatic rings. The molecule has 3 aliphatic heterocycles. The van der Waals surface area contributed by atoms with E-state index >= 15 is 0 Å². The van der Waals surface area contributed by atoms with E-state index in [1.807, 2.05) is 6.07 Å². The van der Waals surface area contributed by atoms with Crippen molar-refractivity contribution in [2.24, 2.45) is 0 Å². The van der Waals surface area contributed by atoms with Crippen LogP contribution in [-0.2, 0) is 0 Å². The van der Waals surface area contributed by atoms with Gasteiger partial charge in [0.25, 0.3) is 0 Å². The Balaban J connectivity index is 1.52. The topological polar surface area (TPSA) is 31.4 Å². The Labute approximate surface area is 123 Å². The van der Waals surface area contributed by atoms with E-state index in [0.717, 1.165) is 24.2 Å². The summed E-state index contributed by atoms with van der Waals surface area (Å²) in [4.78, 5) is 9.34. The van der Waals surface area contributed by atoms with Crippen LogP contribution in [0.4, 0.5) is 10.1 Å². The highest BCUT2D eigenvalue weighted by molar-refractivity contribution is 5.90. The maximum absolute atomic E-state index is 13.3. The number of nitrogens with zero attached hydrogens (tertiary/aromatic N) is 3. The fourth-order valence-electron chi connectivity index (χ4n) is 3.42. The lowest BCUT2D eigenvalue weighted by atomic mass is 10.1. The average Bonchev–Trinajstić information content (AvgIpc) is 2.53. The normalized spacial score (nSPS) is 28.0. The second-order valence-electron chi connectivity index (χ2n) is 5.89. The molecule has 0 amide bonds. The number of anilines is 1. The highest BCUT2D eigenvalue weighted by atomic mass is 19.1. The number of rotatable bonds is 3. The molecule has 1 aromatic carbocycles. The Morgan fingerprint density at radius 1 is 1.19 bits per heavy atom. The Bertz CT molecular complexity index is 652. The number of hydrogen-bond donors (Lipinski definition) is 1. The smallest absolute Gasteiger partial charge is 0.125 e. The summed E-state index contributed by atoms with van der Waals surface area (Å²) in [6.07, 6.45) is 1.74. The van der Waals surface area contributed by atoms with Gasteiger partial charge in [-0.2, -0.15) is 0 Å². The molecule has 4 heterocycles. The van der Waals surface area contributed by atoms with Crippen molar-refractivity contribution in [1.82, 2.24) is 14.8 Å². The molecule has 2 bridgehead atoms. The molecule has 0 radical (unpaired) electrons. The van der Waals surface area contributed by atoms with E-state index in [9.17, 15) is 4.39 Å². The Morgan fingerprint density at radius 3 is 2.81 bits per heavy atom. The fourth-order valence-corrected chi connectivity index (χ4v) is 3.42. The predicted octanol–water partition coefficient (Wildman–Crippen LogP) is 1.79. The molecule has 110 valence electrons. The molecule has 0 aliphatic carbocycles. The van der Waals surface area contributed by atoms with Gasteiger partial charge in [0.05, 0.1) is 5.52 Å². The number of fused-ring (bicyclic) bond motifs is 4. The van der Waals surface area contributed by atoms with Crippen LogP contribution in [0, 0.1) is 5.82 Å². The highest BCUT2D eigenvalue weighted by Crippen LogP contribution is 2.23. The Morgan fingerprint density at radius 2 is 2.05 bits per heavy atom. The molecule has 4 nitrogen and oxygen atoms in total. The molecule has 0 saturated carbocycles. The minimum atomic E-state index is -0.240. The van der Waals surface area contributed by atoms with Crippen LogP contribution in [0.15, 0.2) is 30.5 Å². The molecule has 3 fully saturated rings. The van der Waals surface area contributed by atoms with E-state index < -0.39 is 0 Å². The van der Waals surface area contributed by atoms with Crippen LogP contribution in [0.25, 0.3) is 10.9 Å². The van der Waals surface area contributed by atoms with Gasteiger partial charge in [-0.25, -0.2) is 4.39 Å². The summed E-state index contributed by atoms with van der Waals surface area (Å²) in [6.45, 7) is 6.82. The zero-order chi connectivity index (χ0) is 14.2. The minimum Gasteiger partial charge on any atom is -0.383 e. The number of benzene rings is 1. The van der Waals surface area contributed by atoms with E-state index in [1.165, 1.54) is 38.3 Å². The van der Waals surface area contributed by atoms with E-state index in [-0.39, 0.29) is 5.82 Å². The van der Waals surface area contributed by atoms with Gasteiger partial charge in [-0.15, -0.1) is 0 Å². The minimum absolute atomic E-state index is 0.240. The largest absolute Gasteiger partial charge is 0.383 e. The maximum atomic E-state index is 13.3. The third-order valence-electron chi connectivity index (χ3n) is 4.63. The SMILES string of the molecule is Fc1ccc2c(NCC3CN4CCN3CC4)ccnc2c1. The summed E-state index contributed by atoms with van der Waals surface area (Å²) < 4.78 is 13.3. The van der Waals surface area contributed by atoms with Gasteiger partial charge in [0, 0.05) is 68.6 Å². The van der Waals surface area contributed by atoms with Crippen molar-refractivity contribution in [3.63, 3.8) is 0 Å². The van der Waals surface area contributed by atoms with Crippen LogP contribution in [0.3, 0.4) is 0 Å². The van der Waals surface area contributed by atoms with Gasteiger partial charge < -0.3 is 5.32 Å². The number of pyridine rings is 1. The molecule has 1 N–H and O–H groups in total. The van der Waals surface area contributed by atoms with E-state index in [0.29, 0.717) is 11.6 Å². The summed E-state index contributed by atoms with van der Waals surface area (Å²) in [7, 11) is 0. The zero-order valence-corrected chi connectivity index (χ0v) is 11.9. The van der Waals surface area contributed by atoms with Crippen LogP contribution >= 0.6 is 0 Å². The van der Waals surface area contributed by atoms with Crippen LogP contribution in [0.5, 0.6) is 0 Å². The van der Waals surface area contributed by atoms with Crippen LogP contribution < -0.4 is 5.32 Å². The van der Waals surface area contributed by atoms with Crippen LogP contribution in [-0.4, -0.2) is 60.1 Å². The second-order valence-corrected chi connectivity index (χ2v) is 5.89. The lowest BCUT2D eigenvalue weighted by molar-refractivity contribution is 0.0189.